The number of nitrogens with zero attached hydrogens (tertiary/aromatic N) is 1. The molecule has 0 aromatic rings. The molecular weight excluding hydrogens is 409 g/mol. The van der Waals surface area contributed by atoms with Gasteiger partial charge in [-0.1, -0.05) is 0 Å². The lowest BCUT2D eigenvalue weighted by molar-refractivity contribution is 0.0424. The smallest absolute Gasteiger partial charge is 0.191 e. The summed E-state index contributed by atoms with van der Waals surface area (Å²) in [6.45, 7) is 7.88. The van der Waals surface area contributed by atoms with Gasteiger partial charge in [-0.15, -0.1) is 24.0 Å². The maximum atomic E-state index is 5.73. The van der Waals surface area contributed by atoms with E-state index in [2.05, 4.69) is 22.5 Å². The summed E-state index contributed by atoms with van der Waals surface area (Å²) in [6.07, 6.45) is 5.70. The minimum Gasteiger partial charge on any atom is -0.385 e. The first-order chi connectivity index (χ1) is 10.9. The van der Waals surface area contributed by atoms with Crippen molar-refractivity contribution in [3.05, 3.63) is 0 Å². The quantitative estimate of drug-likeness (QED) is 0.210. The standard InChI is InChI=1S/C16H33N3O3.HI/c1-3-17-16(18-9-5-4-6-11-20-2)19-10-7-12-22-15-8-13-21-14-15;/h15H,3-14H2,1-2H3,(H2,17,18,19);1H. The maximum absolute atomic E-state index is 5.73. The fourth-order valence-corrected chi connectivity index (χ4v) is 2.25. The number of hydrogen-bond donors (Lipinski definition) is 2. The van der Waals surface area contributed by atoms with Crippen molar-refractivity contribution in [2.24, 2.45) is 4.99 Å². The first-order valence-electron chi connectivity index (χ1n) is 8.57. The van der Waals surface area contributed by atoms with E-state index in [1.165, 1.54) is 6.42 Å². The Kier molecular flexibility index (Phi) is 16.6. The molecule has 0 aromatic carbocycles. The second kappa shape index (κ2) is 16.7. The van der Waals surface area contributed by atoms with E-state index in [9.17, 15) is 0 Å². The van der Waals surface area contributed by atoms with Crippen LogP contribution in [-0.2, 0) is 14.2 Å². The molecule has 1 saturated heterocycles. The Bertz CT molecular complexity index is 288. The lowest BCUT2D eigenvalue weighted by atomic mass is 10.2. The molecule has 23 heavy (non-hydrogen) atoms. The molecule has 138 valence electrons. The molecule has 7 heteroatoms. The van der Waals surface area contributed by atoms with Crippen molar-refractivity contribution < 1.29 is 14.2 Å². The average molecular weight is 443 g/mol. The Labute approximate surface area is 158 Å². The van der Waals surface area contributed by atoms with Crippen molar-refractivity contribution in [3.8, 4) is 0 Å². The summed E-state index contributed by atoms with van der Waals surface area (Å²) in [5, 5.41) is 6.64. The summed E-state index contributed by atoms with van der Waals surface area (Å²) >= 11 is 0. The number of unbranched alkanes of at least 4 members (excludes halogenated alkanes) is 2. The molecule has 1 heterocycles. The normalized spacial score (nSPS) is 17.8. The molecule has 0 bridgehead atoms. The van der Waals surface area contributed by atoms with Gasteiger partial charge in [0.2, 0.25) is 0 Å². The molecular formula is C16H34IN3O3. The van der Waals surface area contributed by atoms with Gasteiger partial charge in [0.15, 0.2) is 5.96 Å². The molecule has 1 unspecified atom stereocenters. The second-order valence-corrected chi connectivity index (χ2v) is 5.45. The molecule has 1 aliphatic heterocycles. The van der Waals surface area contributed by atoms with E-state index in [0.29, 0.717) is 6.10 Å². The maximum Gasteiger partial charge on any atom is 0.191 e. The van der Waals surface area contributed by atoms with Gasteiger partial charge in [0.25, 0.3) is 0 Å². The van der Waals surface area contributed by atoms with Crippen molar-refractivity contribution in [3.63, 3.8) is 0 Å². The van der Waals surface area contributed by atoms with Gasteiger partial charge in [-0.05, 0) is 39.0 Å². The lowest BCUT2D eigenvalue weighted by Gasteiger charge is -2.12. The van der Waals surface area contributed by atoms with Crippen LogP contribution in [0.25, 0.3) is 0 Å². The Balaban J connectivity index is 0.00000484. The van der Waals surface area contributed by atoms with Crippen LogP contribution in [-0.4, -0.2) is 65.2 Å². The minimum absolute atomic E-state index is 0. The predicted octanol–water partition coefficient (Wildman–Crippen LogP) is 2.17. The van der Waals surface area contributed by atoms with Crippen LogP contribution in [0.15, 0.2) is 4.99 Å². The predicted molar refractivity (Wildman–Crippen MR) is 105 cm³/mol. The van der Waals surface area contributed by atoms with Crippen molar-refractivity contribution in [2.45, 2.75) is 45.1 Å². The molecule has 0 aromatic heterocycles. The number of hydrogen-bond acceptors (Lipinski definition) is 4. The van der Waals surface area contributed by atoms with Crippen LogP contribution in [0.2, 0.25) is 0 Å². The van der Waals surface area contributed by atoms with Crippen molar-refractivity contribution in [1.82, 2.24) is 10.6 Å². The summed E-state index contributed by atoms with van der Waals surface area (Å²) in [5.74, 6) is 0.901. The zero-order valence-electron chi connectivity index (χ0n) is 14.6. The number of rotatable bonds is 12. The number of methoxy groups -OCH3 is 1. The highest BCUT2D eigenvalue weighted by Crippen LogP contribution is 2.08. The minimum atomic E-state index is 0. The molecule has 6 nitrogen and oxygen atoms in total. The number of nitrogens with one attached hydrogen (secondary N) is 2. The van der Waals surface area contributed by atoms with Crippen LogP contribution in [0, 0.1) is 0 Å². The first-order valence-corrected chi connectivity index (χ1v) is 8.57. The molecule has 0 saturated carbocycles. The monoisotopic (exact) mass is 443 g/mol. The van der Waals surface area contributed by atoms with Gasteiger partial charge in [0, 0.05) is 46.6 Å². The Morgan fingerprint density at radius 3 is 2.74 bits per heavy atom. The number of aliphatic imine (C=N–C) groups is 1. The van der Waals surface area contributed by atoms with Crippen LogP contribution in [0.1, 0.15) is 39.0 Å². The van der Waals surface area contributed by atoms with Crippen LogP contribution < -0.4 is 10.6 Å². The fourth-order valence-electron chi connectivity index (χ4n) is 2.25. The van der Waals surface area contributed by atoms with E-state index in [-0.39, 0.29) is 24.0 Å². The molecule has 0 aliphatic carbocycles. The summed E-state index contributed by atoms with van der Waals surface area (Å²) < 4.78 is 16.1. The van der Waals surface area contributed by atoms with E-state index in [1.807, 2.05) is 0 Å². The van der Waals surface area contributed by atoms with Gasteiger partial charge in [0.05, 0.1) is 12.7 Å². The van der Waals surface area contributed by atoms with Crippen molar-refractivity contribution in [2.75, 3.05) is 53.2 Å². The number of ether oxygens (including phenoxy) is 3. The highest BCUT2D eigenvalue weighted by Gasteiger charge is 2.15. The Morgan fingerprint density at radius 1 is 1.17 bits per heavy atom. The van der Waals surface area contributed by atoms with E-state index in [1.54, 1.807) is 7.11 Å². The first kappa shape index (κ1) is 22.9. The van der Waals surface area contributed by atoms with Gasteiger partial charge in [-0.25, -0.2) is 0 Å². The number of guanidine groups is 1. The summed E-state index contributed by atoms with van der Waals surface area (Å²) in [5.41, 5.74) is 0. The summed E-state index contributed by atoms with van der Waals surface area (Å²) in [7, 11) is 1.75. The van der Waals surface area contributed by atoms with Crippen LogP contribution in [0.5, 0.6) is 0 Å². The molecule has 1 fully saturated rings. The van der Waals surface area contributed by atoms with E-state index in [4.69, 9.17) is 14.2 Å². The molecule has 0 amide bonds. The largest absolute Gasteiger partial charge is 0.385 e. The number of halogens is 1. The summed E-state index contributed by atoms with van der Waals surface area (Å²) in [6, 6.07) is 0. The summed E-state index contributed by atoms with van der Waals surface area (Å²) in [4.78, 5) is 4.57. The second-order valence-electron chi connectivity index (χ2n) is 5.45. The third-order valence-corrected chi connectivity index (χ3v) is 3.48. The average Bonchev–Trinajstić information content (AvgIpc) is 3.03. The van der Waals surface area contributed by atoms with Gasteiger partial charge in [-0.2, -0.15) is 0 Å². The van der Waals surface area contributed by atoms with Gasteiger partial charge < -0.3 is 24.8 Å². The Hall–Kier alpha value is -0.120. The zero-order chi connectivity index (χ0) is 15.9. The Morgan fingerprint density at radius 2 is 2.04 bits per heavy atom. The zero-order valence-corrected chi connectivity index (χ0v) is 17.0. The fraction of sp³-hybridized carbons (Fsp3) is 0.938. The highest BCUT2D eigenvalue weighted by atomic mass is 127. The highest BCUT2D eigenvalue weighted by molar-refractivity contribution is 14.0. The van der Waals surface area contributed by atoms with Crippen LogP contribution >= 0.6 is 24.0 Å². The van der Waals surface area contributed by atoms with E-state index in [0.717, 1.165) is 77.7 Å². The lowest BCUT2D eigenvalue weighted by Crippen LogP contribution is -2.37. The van der Waals surface area contributed by atoms with Crippen molar-refractivity contribution >= 4 is 29.9 Å². The van der Waals surface area contributed by atoms with Crippen LogP contribution in [0.3, 0.4) is 0 Å². The van der Waals surface area contributed by atoms with Gasteiger partial charge in [0.1, 0.15) is 0 Å². The van der Waals surface area contributed by atoms with Gasteiger partial charge >= 0.3 is 0 Å². The molecule has 1 atom stereocenters. The third kappa shape index (κ3) is 12.9. The van der Waals surface area contributed by atoms with E-state index >= 15 is 0 Å². The van der Waals surface area contributed by atoms with Crippen LogP contribution in [0.4, 0.5) is 0 Å². The van der Waals surface area contributed by atoms with Crippen molar-refractivity contribution in [1.29, 1.82) is 0 Å². The van der Waals surface area contributed by atoms with Gasteiger partial charge in [-0.3, -0.25) is 4.99 Å². The third-order valence-electron chi connectivity index (χ3n) is 3.48. The molecule has 1 rings (SSSR count). The van der Waals surface area contributed by atoms with E-state index < -0.39 is 0 Å². The molecule has 2 N–H and O–H groups in total. The SMILES string of the molecule is CCNC(=NCCCOC1CCOC1)NCCCCCOC.I. The topological polar surface area (TPSA) is 64.1 Å². The molecule has 0 spiro atoms. The molecule has 0 radical (unpaired) electrons. The molecule has 1 aliphatic rings.